The second-order valence-electron chi connectivity index (χ2n) is 8.73. The highest BCUT2D eigenvalue weighted by Gasteiger charge is 2.23. The fourth-order valence-corrected chi connectivity index (χ4v) is 4.53. The van der Waals surface area contributed by atoms with Gasteiger partial charge in [-0.25, -0.2) is 4.79 Å². The lowest BCUT2D eigenvalue weighted by molar-refractivity contribution is 0.0539. The van der Waals surface area contributed by atoms with Gasteiger partial charge in [-0.05, 0) is 87.2 Å². The number of carbonyl (C=O) groups excluding carboxylic acids is 2. The maximum Gasteiger partial charge on any atom is 0.404 e. The lowest BCUT2D eigenvalue weighted by Crippen LogP contribution is -2.41. The molecule has 1 amide bonds. The first-order valence-corrected chi connectivity index (χ1v) is 12.5. The number of primary amides is 1. The molecule has 1 atom stereocenters. The average molecular weight is 507 g/mol. The van der Waals surface area contributed by atoms with Crippen LogP contribution in [0.4, 0.5) is 4.79 Å². The largest absolute Gasteiger partial charge is 0.493 e. The Labute approximate surface area is 211 Å². The van der Waals surface area contributed by atoms with Gasteiger partial charge in [0.2, 0.25) is 0 Å². The highest BCUT2D eigenvalue weighted by molar-refractivity contribution is 6.35. The summed E-state index contributed by atoms with van der Waals surface area (Å²) >= 11 is 12.3. The monoisotopic (exact) mass is 506 g/mol. The maximum absolute atomic E-state index is 12.7. The van der Waals surface area contributed by atoms with E-state index in [1.807, 2.05) is 0 Å². The third kappa shape index (κ3) is 7.90. The molecule has 8 heteroatoms. The number of halogens is 2. The number of nitrogens with zero attached hydrogens (tertiary/aromatic N) is 1. The molecular weight excluding hydrogens is 475 g/mol. The summed E-state index contributed by atoms with van der Waals surface area (Å²) in [6, 6.07) is 11.9. The molecule has 1 fully saturated rings. The molecule has 0 saturated carbocycles. The summed E-state index contributed by atoms with van der Waals surface area (Å²) in [5.41, 5.74) is 6.19. The lowest BCUT2D eigenvalue weighted by Gasteiger charge is -2.33. The third-order valence-electron chi connectivity index (χ3n) is 6.11. The van der Waals surface area contributed by atoms with Crippen molar-refractivity contribution in [2.24, 2.45) is 11.7 Å². The van der Waals surface area contributed by atoms with Crippen molar-refractivity contribution in [3.63, 3.8) is 0 Å². The van der Waals surface area contributed by atoms with E-state index < -0.39 is 6.09 Å². The number of ether oxygens (including phenoxy) is 2. The molecule has 1 aliphatic rings. The van der Waals surface area contributed by atoms with Crippen LogP contribution in [0.15, 0.2) is 42.5 Å². The molecule has 34 heavy (non-hydrogen) atoms. The van der Waals surface area contributed by atoms with Crippen molar-refractivity contribution in [2.45, 2.75) is 45.1 Å². The Kier molecular flexibility index (Phi) is 10.1. The van der Waals surface area contributed by atoms with Crippen molar-refractivity contribution in [1.29, 1.82) is 0 Å². The van der Waals surface area contributed by atoms with Gasteiger partial charge in [0.15, 0.2) is 5.78 Å². The number of ketones is 1. The summed E-state index contributed by atoms with van der Waals surface area (Å²) in [6.07, 6.45) is 4.04. The number of rotatable bonds is 11. The van der Waals surface area contributed by atoms with Gasteiger partial charge in [0.1, 0.15) is 11.9 Å². The van der Waals surface area contributed by atoms with Crippen molar-refractivity contribution in [3.8, 4) is 5.75 Å². The predicted octanol–water partition coefficient (Wildman–Crippen LogP) is 5.97. The minimum absolute atomic E-state index is 0.151. The normalized spacial score (nSPS) is 15.6. The SMILES string of the molecule is CCCCC(CN1CCC(COc2ccc(C(=O)c3ccc(Cl)cc3)c(Cl)c2)CC1)OC(N)=O. The van der Waals surface area contributed by atoms with Crippen LogP contribution in [0.5, 0.6) is 5.75 Å². The quantitative estimate of drug-likeness (QED) is 0.379. The van der Waals surface area contributed by atoms with Crippen LogP contribution in [0.2, 0.25) is 10.0 Å². The van der Waals surface area contributed by atoms with E-state index in [4.69, 9.17) is 38.4 Å². The highest BCUT2D eigenvalue weighted by Crippen LogP contribution is 2.27. The van der Waals surface area contributed by atoms with Crippen LogP contribution >= 0.6 is 23.2 Å². The third-order valence-corrected chi connectivity index (χ3v) is 6.67. The molecular formula is C26H32Cl2N2O4. The molecule has 0 radical (unpaired) electrons. The average Bonchev–Trinajstić information content (AvgIpc) is 2.82. The summed E-state index contributed by atoms with van der Waals surface area (Å²) in [7, 11) is 0. The summed E-state index contributed by atoms with van der Waals surface area (Å²) in [4.78, 5) is 26.2. The van der Waals surface area contributed by atoms with E-state index in [1.54, 1.807) is 42.5 Å². The van der Waals surface area contributed by atoms with E-state index in [0.29, 0.717) is 39.4 Å². The topological polar surface area (TPSA) is 81.9 Å². The van der Waals surface area contributed by atoms with Gasteiger partial charge in [0.25, 0.3) is 0 Å². The standard InChI is InChI=1S/C26H32Cl2N2O4/c1-2-3-4-22(34-26(29)32)16-30-13-11-18(12-14-30)17-33-21-9-10-23(24(28)15-21)25(31)19-5-7-20(27)8-6-19/h5-10,15,18,22H,2-4,11-14,16-17H2,1H3,(H2,29,32). The molecule has 0 aliphatic carbocycles. The van der Waals surface area contributed by atoms with Crippen LogP contribution in [0.1, 0.15) is 54.9 Å². The number of nitrogens with two attached hydrogens (primary N) is 1. The predicted molar refractivity (Wildman–Crippen MR) is 135 cm³/mol. The Bertz CT molecular complexity index is 960. The maximum atomic E-state index is 12.7. The summed E-state index contributed by atoms with van der Waals surface area (Å²) in [5, 5.41) is 0.937. The number of hydrogen-bond acceptors (Lipinski definition) is 5. The highest BCUT2D eigenvalue weighted by atomic mass is 35.5. The molecule has 2 aromatic carbocycles. The first-order chi connectivity index (χ1) is 16.4. The van der Waals surface area contributed by atoms with Crippen molar-refractivity contribution in [2.75, 3.05) is 26.2 Å². The van der Waals surface area contributed by atoms with Crippen molar-refractivity contribution in [1.82, 2.24) is 4.90 Å². The molecule has 1 aliphatic heterocycles. The van der Waals surface area contributed by atoms with E-state index in [0.717, 1.165) is 51.7 Å². The number of benzene rings is 2. The molecule has 1 heterocycles. The van der Waals surface area contributed by atoms with E-state index >= 15 is 0 Å². The number of hydrogen-bond donors (Lipinski definition) is 1. The molecule has 1 saturated heterocycles. The van der Waals surface area contributed by atoms with E-state index in [-0.39, 0.29) is 11.9 Å². The van der Waals surface area contributed by atoms with Gasteiger partial charge in [-0.1, -0.05) is 36.5 Å². The number of unbranched alkanes of at least 4 members (excludes halogenated alkanes) is 1. The lowest BCUT2D eigenvalue weighted by atomic mass is 9.97. The minimum atomic E-state index is -0.705. The molecule has 0 spiro atoms. The van der Waals surface area contributed by atoms with Crippen molar-refractivity contribution < 1.29 is 19.1 Å². The number of likely N-dealkylation sites (tertiary alicyclic amines) is 1. The Morgan fingerprint density at radius 3 is 2.44 bits per heavy atom. The Morgan fingerprint density at radius 1 is 1.12 bits per heavy atom. The number of piperidine rings is 1. The van der Waals surface area contributed by atoms with Crippen molar-refractivity contribution in [3.05, 3.63) is 63.6 Å². The molecule has 1 unspecified atom stereocenters. The number of carbonyl (C=O) groups is 2. The molecule has 184 valence electrons. The first kappa shape index (κ1) is 26.3. The van der Waals surface area contributed by atoms with Crippen molar-refractivity contribution >= 4 is 35.1 Å². The van der Waals surface area contributed by atoms with Crippen LogP contribution in [-0.4, -0.2) is 49.1 Å². The first-order valence-electron chi connectivity index (χ1n) is 11.8. The fourth-order valence-electron chi connectivity index (χ4n) is 4.15. The van der Waals surface area contributed by atoms with Gasteiger partial charge < -0.3 is 15.2 Å². The molecule has 2 N–H and O–H groups in total. The van der Waals surface area contributed by atoms with Crippen LogP contribution in [0.25, 0.3) is 0 Å². The van der Waals surface area contributed by atoms with Crippen LogP contribution in [0, 0.1) is 5.92 Å². The van der Waals surface area contributed by atoms with Crippen LogP contribution in [0.3, 0.4) is 0 Å². The Balaban J connectivity index is 1.47. The Hall–Kier alpha value is -2.28. The summed E-state index contributed by atoms with van der Waals surface area (Å²) in [6.45, 7) is 5.27. The second kappa shape index (κ2) is 13.0. The van der Waals surface area contributed by atoms with Gasteiger partial charge in [0.05, 0.1) is 11.6 Å². The van der Waals surface area contributed by atoms with Gasteiger partial charge in [-0.2, -0.15) is 0 Å². The summed E-state index contributed by atoms with van der Waals surface area (Å²) < 4.78 is 11.3. The van der Waals surface area contributed by atoms with Gasteiger partial charge in [0, 0.05) is 22.7 Å². The summed E-state index contributed by atoms with van der Waals surface area (Å²) in [5.74, 6) is 0.921. The van der Waals surface area contributed by atoms with Crippen LogP contribution in [-0.2, 0) is 4.74 Å². The van der Waals surface area contributed by atoms with Gasteiger partial charge in [-0.15, -0.1) is 0 Å². The smallest absolute Gasteiger partial charge is 0.404 e. The molecule has 0 aromatic heterocycles. The van der Waals surface area contributed by atoms with E-state index in [2.05, 4.69) is 11.8 Å². The zero-order valence-corrected chi connectivity index (χ0v) is 21.0. The van der Waals surface area contributed by atoms with Gasteiger partial charge in [-0.3, -0.25) is 9.69 Å². The van der Waals surface area contributed by atoms with Gasteiger partial charge >= 0.3 is 6.09 Å². The molecule has 6 nitrogen and oxygen atoms in total. The molecule has 2 aromatic rings. The molecule has 0 bridgehead atoms. The fraction of sp³-hybridized carbons (Fsp3) is 0.462. The zero-order chi connectivity index (χ0) is 24.5. The van der Waals surface area contributed by atoms with Crippen LogP contribution < -0.4 is 10.5 Å². The Morgan fingerprint density at radius 2 is 1.82 bits per heavy atom. The van der Waals surface area contributed by atoms with E-state index in [1.165, 1.54) is 0 Å². The minimum Gasteiger partial charge on any atom is -0.493 e. The second-order valence-corrected chi connectivity index (χ2v) is 9.58. The molecule has 3 rings (SSSR count). The van der Waals surface area contributed by atoms with E-state index in [9.17, 15) is 9.59 Å². The number of amides is 1. The zero-order valence-electron chi connectivity index (χ0n) is 19.5.